The van der Waals surface area contributed by atoms with E-state index in [1.165, 1.54) is 15.7 Å². The zero-order chi connectivity index (χ0) is 24.4. The van der Waals surface area contributed by atoms with Crippen molar-refractivity contribution in [3.63, 3.8) is 0 Å². The van der Waals surface area contributed by atoms with Crippen LogP contribution in [0.4, 0.5) is 11.4 Å². The Morgan fingerprint density at radius 2 is 1.51 bits per heavy atom. The molecule has 0 atom stereocenters. The maximum atomic E-state index is 13.1. The number of hydrogen-bond acceptors (Lipinski definition) is 6. The van der Waals surface area contributed by atoms with Crippen LogP contribution in [0.25, 0.3) is 11.0 Å². The summed E-state index contributed by atoms with van der Waals surface area (Å²) >= 11 is 0. The molecule has 35 heavy (non-hydrogen) atoms. The van der Waals surface area contributed by atoms with Crippen molar-refractivity contribution in [2.24, 2.45) is 0 Å². The van der Waals surface area contributed by atoms with Gasteiger partial charge >= 0.3 is 11.2 Å². The Balaban J connectivity index is 1.52. The highest BCUT2D eigenvalue weighted by Gasteiger charge is 2.33. The predicted molar refractivity (Wildman–Crippen MR) is 137 cm³/mol. The van der Waals surface area contributed by atoms with Crippen LogP contribution in [-0.4, -0.2) is 45.6 Å². The molecular formula is C27H27N5O3. The Kier molecular flexibility index (Phi) is 6.29. The zero-order valence-corrected chi connectivity index (χ0v) is 19.6. The van der Waals surface area contributed by atoms with Gasteiger partial charge in [0.15, 0.2) is 0 Å². The molecule has 0 amide bonds. The van der Waals surface area contributed by atoms with Gasteiger partial charge in [0.05, 0.1) is 16.5 Å². The first kappa shape index (κ1) is 22.7. The second-order valence-electron chi connectivity index (χ2n) is 8.62. The van der Waals surface area contributed by atoms with E-state index < -0.39 is 16.2 Å². The minimum Gasteiger partial charge on any atom is -0.361 e. The van der Waals surface area contributed by atoms with Crippen LogP contribution in [0, 0.1) is 10.1 Å². The first-order valence-corrected chi connectivity index (χ1v) is 11.8. The molecule has 1 aliphatic heterocycles. The number of aryl methyl sites for hydroxylation is 1. The Morgan fingerprint density at radius 3 is 2.06 bits per heavy atom. The molecule has 1 saturated heterocycles. The number of hydrogen-bond donors (Lipinski definition) is 0. The molecule has 2 aromatic carbocycles. The fourth-order valence-electron chi connectivity index (χ4n) is 5.11. The largest absolute Gasteiger partial charge is 0.361 e. The van der Waals surface area contributed by atoms with Gasteiger partial charge < -0.3 is 9.47 Å². The van der Waals surface area contributed by atoms with Crippen LogP contribution in [0.2, 0.25) is 0 Å². The molecule has 0 aliphatic carbocycles. The van der Waals surface area contributed by atoms with Crippen molar-refractivity contribution < 1.29 is 4.92 Å². The van der Waals surface area contributed by atoms with Gasteiger partial charge in [-0.15, -0.1) is 0 Å². The Labute approximate surface area is 203 Å². The molecule has 1 fully saturated rings. The van der Waals surface area contributed by atoms with E-state index in [0.717, 1.165) is 0 Å². The van der Waals surface area contributed by atoms with Gasteiger partial charge in [0.25, 0.3) is 0 Å². The summed E-state index contributed by atoms with van der Waals surface area (Å²) in [5, 5.41) is 12.1. The SMILES string of the molecule is CCn1c(=O)c([N+](=O)[O-])c(N2CCN(C(c3ccccc3)c3ccccc3)CC2)c2ncccc21. The second kappa shape index (κ2) is 9.68. The predicted octanol–water partition coefficient (Wildman–Crippen LogP) is 4.24. The first-order valence-electron chi connectivity index (χ1n) is 11.8. The van der Waals surface area contributed by atoms with E-state index in [0.29, 0.717) is 49.4 Å². The van der Waals surface area contributed by atoms with Gasteiger partial charge in [-0.3, -0.25) is 24.8 Å². The molecule has 178 valence electrons. The van der Waals surface area contributed by atoms with Crippen LogP contribution >= 0.6 is 0 Å². The average molecular weight is 470 g/mol. The Hall–Kier alpha value is -4.04. The molecule has 0 unspecified atom stereocenters. The number of anilines is 1. The standard InChI is InChI=1S/C27H27N5O3/c1-2-31-22-14-9-15-28-23(22)25(26(27(31)33)32(34)35)30-18-16-29(17-19-30)24(20-10-5-3-6-11-20)21-12-7-4-8-13-21/h3-15,24H,2,16-19H2,1H3. The summed E-state index contributed by atoms with van der Waals surface area (Å²) in [6, 6.07) is 24.4. The van der Waals surface area contributed by atoms with Crippen LogP contribution in [0.3, 0.4) is 0 Å². The molecule has 0 saturated carbocycles. The van der Waals surface area contributed by atoms with Crippen molar-refractivity contribution >= 4 is 22.4 Å². The number of nitro groups is 1. The Bertz CT molecular complexity index is 1360. The molecule has 8 nitrogen and oxygen atoms in total. The summed E-state index contributed by atoms with van der Waals surface area (Å²) < 4.78 is 1.43. The van der Waals surface area contributed by atoms with E-state index in [1.54, 1.807) is 18.3 Å². The monoisotopic (exact) mass is 469 g/mol. The molecule has 0 N–H and O–H groups in total. The Morgan fingerprint density at radius 1 is 0.914 bits per heavy atom. The van der Waals surface area contributed by atoms with Gasteiger partial charge in [-0.05, 0) is 30.2 Å². The molecular weight excluding hydrogens is 442 g/mol. The van der Waals surface area contributed by atoms with E-state index >= 15 is 0 Å². The summed E-state index contributed by atoms with van der Waals surface area (Å²) in [7, 11) is 0. The van der Waals surface area contributed by atoms with Crippen LogP contribution in [-0.2, 0) is 6.54 Å². The molecule has 8 heteroatoms. The third-order valence-electron chi connectivity index (χ3n) is 6.70. The highest BCUT2D eigenvalue weighted by Crippen LogP contribution is 2.35. The van der Waals surface area contributed by atoms with Gasteiger partial charge in [-0.25, -0.2) is 0 Å². The molecule has 3 heterocycles. The van der Waals surface area contributed by atoms with Gasteiger partial charge in [-0.2, -0.15) is 0 Å². The third kappa shape index (κ3) is 4.17. The van der Waals surface area contributed by atoms with Crippen molar-refractivity contribution in [1.82, 2.24) is 14.5 Å². The highest BCUT2D eigenvalue weighted by atomic mass is 16.6. The number of piperazine rings is 1. The number of aromatic nitrogens is 2. The summed E-state index contributed by atoms with van der Waals surface area (Å²) in [5.74, 6) is 0. The molecule has 4 aromatic rings. The lowest BCUT2D eigenvalue weighted by atomic mass is 9.96. The second-order valence-corrected chi connectivity index (χ2v) is 8.62. The van der Waals surface area contributed by atoms with Crippen molar-refractivity contribution in [3.05, 3.63) is 111 Å². The normalized spacial score (nSPS) is 14.5. The topological polar surface area (TPSA) is 84.5 Å². The van der Waals surface area contributed by atoms with Crippen LogP contribution in [0.15, 0.2) is 83.8 Å². The van der Waals surface area contributed by atoms with E-state index in [4.69, 9.17) is 0 Å². The number of fused-ring (bicyclic) bond motifs is 1. The first-order chi connectivity index (χ1) is 17.1. The van der Waals surface area contributed by atoms with Gasteiger partial charge in [0.2, 0.25) is 0 Å². The molecule has 0 radical (unpaired) electrons. The number of nitrogens with zero attached hydrogens (tertiary/aromatic N) is 5. The van der Waals surface area contributed by atoms with Crippen molar-refractivity contribution in [1.29, 1.82) is 0 Å². The molecule has 5 rings (SSSR count). The maximum Gasteiger partial charge on any atom is 0.359 e. The van der Waals surface area contributed by atoms with Crippen molar-refractivity contribution in [3.8, 4) is 0 Å². The quantitative estimate of drug-likeness (QED) is 0.310. The average Bonchev–Trinajstić information content (AvgIpc) is 2.90. The molecule has 2 aromatic heterocycles. The van der Waals surface area contributed by atoms with E-state index in [9.17, 15) is 14.9 Å². The molecule has 1 aliphatic rings. The third-order valence-corrected chi connectivity index (χ3v) is 6.70. The van der Waals surface area contributed by atoms with Crippen LogP contribution in [0.5, 0.6) is 0 Å². The van der Waals surface area contributed by atoms with Gasteiger partial charge in [0.1, 0.15) is 11.2 Å². The van der Waals surface area contributed by atoms with Gasteiger partial charge in [0, 0.05) is 38.9 Å². The molecule has 0 bridgehead atoms. The summed E-state index contributed by atoms with van der Waals surface area (Å²) in [6.45, 7) is 4.64. The van der Waals surface area contributed by atoms with Gasteiger partial charge in [-0.1, -0.05) is 60.7 Å². The van der Waals surface area contributed by atoms with E-state index in [1.807, 2.05) is 48.2 Å². The summed E-state index contributed by atoms with van der Waals surface area (Å²) in [4.78, 5) is 33.5. The number of pyridine rings is 2. The van der Waals surface area contributed by atoms with Crippen molar-refractivity contribution in [2.45, 2.75) is 19.5 Å². The van der Waals surface area contributed by atoms with Crippen molar-refractivity contribution in [2.75, 3.05) is 31.1 Å². The lowest BCUT2D eigenvalue weighted by Crippen LogP contribution is -2.48. The smallest absolute Gasteiger partial charge is 0.359 e. The summed E-state index contributed by atoms with van der Waals surface area (Å²) in [5.41, 5.74) is 2.88. The lowest BCUT2D eigenvalue weighted by Gasteiger charge is -2.40. The van der Waals surface area contributed by atoms with E-state index in [2.05, 4.69) is 34.1 Å². The van der Waals surface area contributed by atoms with Crippen LogP contribution < -0.4 is 10.5 Å². The molecule has 0 spiro atoms. The van der Waals surface area contributed by atoms with E-state index in [-0.39, 0.29) is 6.04 Å². The minimum atomic E-state index is -0.582. The fraction of sp³-hybridized carbons (Fsp3) is 0.259. The highest BCUT2D eigenvalue weighted by molar-refractivity contribution is 5.93. The van der Waals surface area contributed by atoms with Crippen LogP contribution in [0.1, 0.15) is 24.1 Å². The maximum absolute atomic E-state index is 13.1. The minimum absolute atomic E-state index is 0.0810. The lowest BCUT2D eigenvalue weighted by molar-refractivity contribution is -0.385. The fourth-order valence-corrected chi connectivity index (χ4v) is 5.11. The number of rotatable bonds is 6. The summed E-state index contributed by atoms with van der Waals surface area (Å²) in [6.07, 6.45) is 1.62. The zero-order valence-electron chi connectivity index (χ0n) is 19.6. The number of benzene rings is 2.